The van der Waals surface area contributed by atoms with Crippen LogP contribution in [0.25, 0.3) is 11.3 Å². The molecule has 3 heterocycles. The van der Waals surface area contributed by atoms with Crippen molar-refractivity contribution in [2.45, 2.75) is 25.1 Å². The number of piperidine rings is 1. The van der Waals surface area contributed by atoms with Gasteiger partial charge < -0.3 is 25.0 Å². The molecule has 0 radical (unpaired) electrons. The molecule has 0 amide bonds. The molecule has 30 heavy (non-hydrogen) atoms. The minimum Gasteiger partial charge on any atom is -0.507 e. The number of hydrogen-bond donors (Lipinski definition) is 2. The van der Waals surface area contributed by atoms with Gasteiger partial charge in [0.25, 0.3) is 0 Å². The highest BCUT2D eigenvalue weighted by atomic mass is 19.4. The van der Waals surface area contributed by atoms with Gasteiger partial charge in [-0.2, -0.15) is 13.2 Å². The highest BCUT2D eigenvalue weighted by Crippen LogP contribution is 2.45. The summed E-state index contributed by atoms with van der Waals surface area (Å²) in [5, 5.41) is 22.3. The third-order valence-corrected chi connectivity index (χ3v) is 5.50. The summed E-state index contributed by atoms with van der Waals surface area (Å²) in [4.78, 5) is 4.23. The van der Waals surface area contributed by atoms with Gasteiger partial charge in [-0.15, -0.1) is 10.2 Å². The van der Waals surface area contributed by atoms with E-state index < -0.39 is 17.5 Å². The Kier molecular flexibility index (Phi) is 5.35. The number of halogens is 3. The average molecular weight is 423 g/mol. The number of phenols is 1. The molecule has 0 saturated carbocycles. The number of anilines is 2. The molecule has 0 bridgehead atoms. The summed E-state index contributed by atoms with van der Waals surface area (Å²) in [6.45, 7) is 2.96. The topological polar surface area (TPSA) is 73.8 Å². The first-order valence-electron chi connectivity index (χ1n) is 9.84. The molecule has 0 spiro atoms. The minimum absolute atomic E-state index is 0.144. The van der Waals surface area contributed by atoms with Crippen LogP contribution in [0.15, 0.2) is 18.2 Å². The molecule has 1 aromatic heterocycles. The van der Waals surface area contributed by atoms with Crippen LogP contribution in [0, 0.1) is 0 Å². The lowest BCUT2D eigenvalue weighted by Crippen LogP contribution is -2.40. The van der Waals surface area contributed by atoms with Crippen molar-refractivity contribution in [2.75, 3.05) is 50.6 Å². The van der Waals surface area contributed by atoms with E-state index in [9.17, 15) is 18.3 Å². The molecular weight excluding hydrogens is 399 g/mol. The molecule has 10 heteroatoms. The number of nitrogens with one attached hydrogen (secondary N) is 1. The second-order valence-corrected chi connectivity index (χ2v) is 7.82. The largest absolute Gasteiger partial charge is 0.507 e. The van der Waals surface area contributed by atoms with Crippen molar-refractivity contribution >= 4 is 11.5 Å². The van der Waals surface area contributed by atoms with Gasteiger partial charge in [-0.1, -0.05) is 0 Å². The van der Waals surface area contributed by atoms with Crippen molar-refractivity contribution < 1.29 is 23.0 Å². The van der Waals surface area contributed by atoms with Gasteiger partial charge in [0.05, 0.1) is 12.1 Å². The van der Waals surface area contributed by atoms with E-state index in [4.69, 9.17) is 4.74 Å². The molecule has 2 N–H and O–H groups in total. The van der Waals surface area contributed by atoms with Crippen LogP contribution in [0.5, 0.6) is 11.5 Å². The quantitative estimate of drug-likeness (QED) is 0.785. The Bertz CT molecular complexity index is 937. The summed E-state index contributed by atoms with van der Waals surface area (Å²) >= 11 is 0. The number of hydrogen-bond acceptors (Lipinski definition) is 7. The number of ether oxygens (including phenoxy) is 1. The molecule has 162 valence electrons. The second-order valence-electron chi connectivity index (χ2n) is 7.82. The van der Waals surface area contributed by atoms with E-state index in [0.717, 1.165) is 32.0 Å². The van der Waals surface area contributed by atoms with Crippen molar-refractivity contribution in [3.05, 3.63) is 23.8 Å². The van der Waals surface area contributed by atoms with Gasteiger partial charge in [0.2, 0.25) is 0 Å². The van der Waals surface area contributed by atoms with Crippen molar-refractivity contribution in [3.63, 3.8) is 0 Å². The number of rotatable bonds is 3. The second kappa shape index (κ2) is 7.82. The Hall–Kier alpha value is -2.75. The number of aromatic nitrogens is 2. The van der Waals surface area contributed by atoms with E-state index in [0.29, 0.717) is 36.5 Å². The van der Waals surface area contributed by atoms with Crippen LogP contribution in [0.4, 0.5) is 24.7 Å². The van der Waals surface area contributed by atoms with E-state index in [1.807, 2.05) is 11.9 Å². The smallest absolute Gasteiger partial charge is 0.416 e. The number of phenolic OH excluding ortho intramolecular Hbond substituents is 1. The molecule has 4 rings (SSSR count). The zero-order valence-corrected chi connectivity index (χ0v) is 16.8. The van der Waals surface area contributed by atoms with Crippen molar-refractivity contribution in [2.24, 2.45) is 0 Å². The first-order chi connectivity index (χ1) is 14.2. The number of likely N-dealkylation sites (N-methyl/N-ethyl adjacent to an activating group) is 2. The summed E-state index contributed by atoms with van der Waals surface area (Å²) in [6, 6.07) is 3.02. The molecule has 0 aliphatic carbocycles. The maximum absolute atomic E-state index is 12.9. The zero-order chi connectivity index (χ0) is 21.5. The van der Waals surface area contributed by atoms with Crippen molar-refractivity contribution in [1.82, 2.24) is 15.1 Å². The Morgan fingerprint density at radius 1 is 1.20 bits per heavy atom. The van der Waals surface area contributed by atoms with Gasteiger partial charge in [-0.25, -0.2) is 0 Å². The molecule has 1 aromatic carbocycles. The van der Waals surface area contributed by atoms with Crippen LogP contribution >= 0.6 is 0 Å². The lowest BCUT2D eigenvalue weighted by Gasteiger charge is -2.34. The van der Waals surface area contributed by atoms with Gasteiger partial charge in [0.15, 0.2) is 11.6 Å². The Balaban J connectivity index is 1.73. The molecule has 7 nitrogen and oxygen atoms in total. The van der Waals surface area contributed by atoms with Gasteiger partial charge >= 0.3 is 6.18 Å². The fourth-order valence-corrected chi connectivity index (χ4v) is 3.96. The van der Waals surface area contributed by atoms with Crippen molar-refractivity contribution in [1.29, 1.82) is 0 Å². The van der Waals surface area contributed by atoms with Gasteiger partial charge in [-0.05, 0) is 44.6 Å². The molecular formula is C20H24F3N5O2. The summed E-state index contributed by atoms with van der Waals surface area (Å²) < 4.78 is 44.7. The predicted octanol–water partition coefficient (Wildman–Crippen LogP) is 3.20. The predicted molar refractivity (Wildman–Crippen MR) is 107 cm³/mol. The third kappa shape index (κ3) is 3.96. The maximum Gasteiger partial charge on any atom is 0.416 e. The van der Waals surface area contributed by atoms with E-state index in [2.05, 4.69) is 27.5 Å². The van der Waals surface area contributed by atoms with Gasteiger partial charge in [-0.3, -0.25) is 0 Å². The maximum atomic E-state index is 12.9. The molecule has 2 aromatic rings. The first-order valence-corrected chi connectivity index (χ1v) is 9.84. The van der Waals surface area contributed by atoms with E-state index in [1.165, 1.54) is 6.07 Å². The molecule has 1 saturated heterocycles. The minimum atomic E-state index is -4.54. The Labute approximate surface area is 172 Å². The van der Waals surface area contributed by atoms with E-state index in [-0.39, 0.29) is 17.3 Å². The standard InChI is InChI=1S/C20H24F3N5O2/c1-27-7-3-4-13(11-27)24-19-17-18(30-9-8-28(17)2)16(25-26-19)14-6-5-12(10-15(14)29)20(21,22)23/h5-6,10,13,29H,3-4,7-9,11H2,1-2H3,(H,24,26)/t13-/m1/s1. The lowest BCUT2D eigenvalue weighted by atomic mass is 10.0. The number of benzene rings is 1. The van der Waals surface area contributed by atoms with Crippen LogP contribution in [0.3, 0.4) is 0 Å². The summed E-state index contributed by atoms with van der Waals surface area (Å²) in [7, 11) is 3.97. The van der Waals surface area contributed by atoms with Crippen LogP contribution in [-0.2, 0) is 6.18 Å². The lowest BCUT2D eigenvalue weighted by molar-refractivity contribution is -0.137. The Morgan fingerprint density at radius 2 is 2.00 bits per heavy atom. The zero-order valence-electron chi connectivity index (χ0n) is 16.8. The average Bonchev–Trinajstić information content (AvgIpc) is 2.68. The van der Waals surface area contributed by atoms with Crippen molar-refractivity contribution in [3.8, 4) is 22.8 Å². The summed E-state index contributed by atoms with van der Waals surface area (Å²) in [6.07, 6.45) is -2.46. The number of aromatic hydroxyl groups is 1. The van der Waals surface area contributed by atoms with Gasteiger partial charge in [0.1, 0.15) is 23.7 Å². The van der Waals surface area contributed by atoms with Crippen LogP contribution in [0.2, 0.25) is 0 Å². The number of alkyl halides is 3. The molecule has 2 aliphatic rings. The molecule has 1 fully saturated rings. The highest BCUT2D eigenvalue weighted by molar-refractivity contribution is 5.84. The molecule has 2 aliphatic heterocycles. The highest BCUT2D eigenvalue weighted by Gasteiger charge is 2.33. The summed E-state index contributed by atoms with van der Waals surface area (Å²) in [5.74, 6) is 0.455. The molecule has 0 unspecified atom stereocenters. The Morgan fingerprint density at radius 3 is 2.70 bits per heavy atom. The van der Waals surface area contributed by atoms with Crippen LogP contribution in [0.1, 0.15) is 18.4 Å². The number of fused-ring (bicyclic) bond motifs is 1. The third-order valence-electron chi connectivity index (χ3n) is 5.50. The van der Waals surface area contributed by atoms with E-state index >= 15 is 0 Å². The summed E-state index contributed by atoms with van der Waals surface area (Å²) in [5.41, 5.74) is 0.127. The van der Waals surface area contributed by atoms with Gasteiger partial charge in [0, 0.05) is 25.2 Å². The number of likely N-dealkylation sites (tertiary alicyclic amines) is 1. The van der Waals surface area contributed by atoms with Crippen LogP contribution < -0.4 is 15.0 Å². The number of nitrogens with zero attached hydrogens (tertiary/aromatic N) is 4. The molecule has 1 atom stereocenters. The first kappa shape index (κ1) is 20.5. The fraction of sp³-hybridized carbons (Fsp3) is 0.500. The van der Waals surface area contributed by atoms with Crippen LogP contribution in [-0.4, -0.2) is 66.6 Å². The normalized spacial score (nSPS) is 19.9. The monoisotopic (exact) mass is 423 g/mol. The SMILES string of the molecule is CN1CCC[C@@H](Nc2nnc(-c3ccc(C(F)(F)F)cc3O)c3c2N(C)CCO3)C1. The fourth-order valence-electron chi connectivity index (χ4n) is 3.96. The van der Waals surface area contributed by atoms with E-state index in [1.54, 1.807) is 0 Å².